The van der Waals surface area contributed by atoms with Crippen molar-refractivity contribution in [2.24, 2.45) is 7.05 Å². The molecule has 0 radical (unpaired) electrons. The van der Waals surface area contributed by atoms with E-state index in [-0.39, 0.29) is 0 Å². The van der Waals surface area contributed by atoms with Crippen molar-refractivity contribution >= 4 is 11.6 Å². The molecule has 0 saturated carbocycles. The minimum absolute atomic E-state index is 0.575. The maximum absolute atomic E-state index is 4.40. The van der Waals surface area contributed by atoms with E-state index in [0.29, 0.717) is 11.7 Å². The van der Waals surface area contributed by atoms with Crippen LogP contribution in [-0.2, 0) is 13.6 Å². The number of nitrogens with zero attached hydrogens (tertiary/aromatic N) is 6. The van der Waals surface area contributed by atoms with Gasteiger partial charge in [0.1, 0.15) is 11.6 Å². The number of nitrogens with one attached hydrogen (secondary N) is 1. The lowest BCUT2D eigenvalue weighted by Gasteiger charge is -2.32. The standard InChI is InChI=1S/C19H23N7/c1-25-13-15(11-23-25)14-26-8-3-16(4-9-26)17-2-5-21-18(10-17)24-19-12-20-6-7-22-19/h2,5-7,10-13,16H,3-4,8-9,14H2,1H3,(H,21,22,24). The summed E-state index contributed by atoms with van der Waals surface area (Å²) in [6.45, 7) is 3.19. The molecule has 1 fully saturated rings. The van der Waals surface area contributed by atoms with Gasteiger partial charge in [-0.2, -0.15) is 5.10 Å². The summed E-state index contributed by atoms with van der Waals surface area (Å²) in [7, 11) is 1.96. The van der Waals surface area contributed by atoms with Crippen molar-refractivity contribution in [2.45, 2.75) is 25.3 Å². The van der Waals surface area contributed by atoms with Crippen LogP contribution in [0.2, 0.25) is 0 Å². The average molecular weight is 349 g/mol. The molecule has 3 aromatic rings. The third-order valence-electron chi connectivity index (χ3n) is 4.83. The zero-order valence-electron chi connectivity index (χ0n) is 14.9. The van der Waals surface area contributed by atoms with Crippen LogP contribution in [0, 0.1) is 0 Å². The zero-order valence-corrected chi connectivity index (χ0v) is 14.9. The molecule has 4 rings (SSSR count). The van der Waals surface area contributed by atoms with Gasteiger partial charge in [0.05, 0.1) is 12.4 Å². The number of hydrogen-bond donors (Lipinski definition) is 1. The monoisotopic (exact) mass is 349 g/mol. The van der Waals surface area contributed by atoms with Crippen LogP contribution in [0.5, 0.6) is 0 Å². The highest BCUT2D eigenvalue weighted by molar-refractivity contribution is 5.51. The van der Waals surface area contributed by atoms with Crippen LogP contribution < -0.4 is 5.32 Å². The van der Waals surface area contributed by atoms with Crippen molar-refractivity contribution in [3.8, 4) is 0 Å². The fourth-order valence-electron chi connectivity index (χ4n) is 3.50. The van der Waals surface area contributed by atoms with E-state index in [9.17, 15) is 0 Å². The smallest absolute Gasteiger partial charge is 0.150 e. The van der Waals surface area contributed by atoms with Crippen molar-refractivity contribution in [1.29, 1.82) is 0 Å². The number of aromatic nitrogens is 5. The number of hydrogen-bond acceptors (Lipinski definition) is 6. The summed E-state index contributed by atoms with van der Waals surface area (Å²) in [6.07, 6.45) is 13.3. The van der Waals surface area contributed by atoms with E-state index in [1.165, 1.54) is 11.1 Å². The largest absolute Gasteiger partial charge is 0.324 e. The topological polar surface area (TPSA) is 71.8 Å². The van der Waals surface area contributed by atoms with Crippen LogP contribution in [0.3, 0.4) is 0 Å². The number of piperidine rings is 1. The molecular weight excluding hydrogens is 326 g/mol. The summed E-state index contributed by atoms with van der Waals surface area (Å²) in [4.78, 5) is 15.2. The Morgan fingerprint density at radius 1 is 1.08 bits per heavy atom. The van der Waals surface area contributed by atoms with Crippen molar-refractivity contribution in [3.63, 3.8) is 0 Å². The highest BCUT2D eigenvalue weighted by Gasteiger charge is 2.21. The fraction of sp³-hybridized carbons (Fsp3) is 0.368. The Morgan fingerprint density at radius 3 is 2.65 bits per heavy atom. The minimum Gasteiger partial charge on any atom is -0.324 e. The van der Waals surface area contributed by atoms with Gasteiger partial charge in [0.25, 0.3) is 0 Å². The summed E-state index contributed by atoms with van der Waals surface area (Å²) in [5, 5.41) is 7.48. The first kappa shape index (κ1) is 16.7. The van der Waals surface area contributed by atoms with E-state index >= 15 is 0 Å². The Bertz CT molecular complexity index is 838. The predicted molar refractivity (Wildman–Crippen MR) is 100 cm³/mol. The highest BCUT2D eigenvalue weighted by Crippen LogP contribution is 2.29. The van der Waals surface area contributed by atoms with Crippen molar-refractivity contribution < 1.29 is 0 Å². The summed E-state index contributed by atoms with van der Waals surface area (Å²) in [6, 6.07) is 4.26. The van der Waals surface area contributed by atoms with E-state index in [0.717, 1.165) is 38.3 Å². The lowest BCUT2D eigenvalue weighted by molar-refractivity contribution is 0.204. The molecule has 0 aliphatic carbocycles. The Morgan fingerprint density at radius 2 is 1.92 bits per heavy atom. The zero-order chi connectivity index (χ0) is 17.8. The Kier molecular flexibility index (Phi) is 4.88. The number of likely N-dealkylation sites (tertiary alicyclic amines) is 1. The molecule has 0 bridgehead atoms. The molecule has 7 heteroatoms. The molecule has 1 aliphatic rings. The minimum atomic E-state index is 0.575. The van der Waals surface area contributed by atoms with E-state index in [1.807, 2.05) is 24.1 Å². The molecule has 0 aromatic carbocycles. The maximum Gasteiger partial charge on any atom is 0.150 e. The normalized spacial score (nSPS) is 15.9. The van der Waals surface area contributed by atoms with Crippen molar-refractivity contribution in [1.82, 2.24) is 29.6 Å². The Labute approximate surface area is 153 Å². The first-order valence-corrected chi connectivity index (χ1v) is 8.95. The van der Waals surface area contributed by atoms with Crippen LogP contribution in [-0.4, -0.2) is 42.7 Å². The van der Waals surface area contributed by atoms with Gasteiger partial charge in [0, 0.05) is 43.9 Å². The van der Waals surface area contributed by atoms with Gasteiger partial charge in [-0.1, -0.05) is 0 Å². The van der Waals surface area contributed by atoms with Gasteiger partial charge in [-0.15, -0.1) is 0 Å². The van der Waals surface area contributed by atoms with Crippen LogP contribution in [0.25, 0.3) is 0 Å². The molecule has 1 aliphatic heterocycles. The molecule has 0 unspecified atom stereocenters. The Hall–Kier alpha value is -2.80. The summed E-state index contributed by atoms with van der Waals surface area (Å²) >= 11 is 0. The molecular formula is C19H23N7. The van der Waals surface area contributed by atoms with E-state index in [1.54, 1.807) is 18.6 Å². The second-order valence-corrected chi connectivity index (χ2v) is 6.76. The second kappa shape index (κ2) is 7.61. The maximum atomic E-state index is 4.40. The van der Waals surface area contributed by atoms with E-state index in [4.69, 9.17) is 0 Å². The van der Waals surface area contributed by atoms with Gasteiger partial charge in [0.15, 0.2) is 0 Å². The van der Waals surface area contributed by atoms with Crippen LogP contribution in [0.4, 0.5) is 11.6 Å². The first-order valence-electron chi connectivity index (χ1n) is 8.95. The van der Waals surface area contributed by atoms with Crippen LogP contribution >= 0.6 is 0 Å². The number of rotatable bonds is 5. The fourth-order valence-corrected chi connectivity index (χ4v) is 3.50. The lowest BCUT2D eigenvalue weighted by Crippen LogP contribution is -2.32. The molecule has 0 spiro atoms. The van der Waals surface area contributed by atoms with E-state index in [2.05, 4.69) is 48.6 Å². The quantitative estimate of drug-likeness (QED) is 0.764. The molecule has 0 amide bonds. The van der Waals surface area contributed by atoms with Gasteiger partial charge in [-0.3, -0.25) is 14.6 Å². The molecule has 0 atom stereocenters. The summed E-state index contributed by atoms with van der Waals surface area (Å²) < 4.78 is 1.87. The van der Waals surface area contributed by atoms with Gasteiger partial charge in [-0.25, -0.2) is 9.97 Å². The molecule has 1 N–H and O–H groups in total. The second-order valence-electron chi connectivity index (χ2n) is 6.76. The van der Waals surface area contributed by atoms with Crippen molar-refractivity contribution in [2.75, 3.05) is 18.4 Å². The van der Waals surface area contributed by atoms with Gasteiger partial charge in [0.2, 0.25) is 0 Å². The average Bonchev–Trinajstić information content (AvgIpc) is 3.08. The number of pyridine rings is 1. The van der Waals surface area contributed by atoms with Crippen LogP contribution in [0.15, 0.2) is 49.3 Å². The molecule has 3 aromatic heterocycles. The Balaban J connectivity index is 1.36. The third kappa shape index (κ3) is 4.05. The first-order chi connectivity index (χ1) is 12.8. The van der Waals surface area contributed by atoms with Crippen molar-refractivity contribution in [3.05, 3.63) is 60.4 Å². The third-order valence-corrected chi connectivity index (χ3v) is 4.83. The molecule has 7 nitrogen and oxygen atoms in total. The highest BCUT2D eigenvalue weighted by atomic mass is 15.2. The molecule has 4 heterocycles. The van der Waals surface area contributed by atoms with Crippen LogP contribution in [0.1, 0.15) is 29.9 Å². The summed E-state index contributed by atoms with van der Waals surface area (Å²) in [5.41, 5.74) is 2.62. The SMILES string of the molecule is Cn1cc(CN2CCC(c3ccnc(Nc4cnccn4)c3)CC2)cn1. The van der Waals surface area contributed by atoms with E-state index < -0.39 is 0 Å². The molecule has 1 saturated heterocycles. The van der Waals surface area contributed by atoms with Gasteiger partial charge >= 0.3 is 0 Å². The lowest BCUT2D eigenvalue weighted by atomic mass is 9.90. The summed E-state index contributed by atoms with van der Waals surface area (Å²) in [5.74, 6) is 2.11. The van der Waals surface area contributed by atoms with Gasteiger partial charge in [-0.05, 0) is 49.5 Å². The number of anilines is 2. The van der Waals surface area contributed by atoms with Gasteiger partial charge < -0.3 is 5.32 Å². The molecule has 134 valence electrons. The predicted octanol–water partition coefficient (Wildman–Crippen LogP) is 2.73. The molecule has 26 heavy (non-hydrogen) atoms. The number of aryl methyl sites for hydroxylation is 1.